The van der Waals surface area contributed by atoms with Crippen LogP contribution >= 0.6 is 0 Å². The first-order valence-corrected chi connectivity index (χ1v) is 12.0. The predicted octanol–water partition coefficient (Wildman–Crippen LogP) is 3.10. The van der Waals surface area contributed by atoms with Gasteiger partial charge in [-0.1, -0.05) is 45.0 Å². The summed E-state index contributed by atoms with van der Waals surface area (Å²) in [5, 5.41) is 2.77. The van der Waals surface area contributed by atoms with Crippen molar-refractivity contribution in [3.05, 3.63) is 54.1 Å². The molecular weight excluding hydrogens is 416 g/mol. The molecule has 1 aliphatic rings. The fourth-order valence-corrected chi connectivity index (χ4v) is 4.39. The largest absolute Gasteiger partial charge is 0.492 e. The monoisotopic (exact) mass is 446 g/mol. The molecule has 0 spiro atoms. The zero-order valence-electron chi connectivity index (χ0n) is 18.4. The molecule has 1 atom stereocenters. The molecule has 1 heterocycles. The second-order valence-corrected chi connectivity index (χ2v) is 10.6. The smallest absolute Gasteiger partial charge is 0.263 e. The average molecular weight is 447 g/mol. The van der Waals surface area contributed by atoms with Crippen LogP contribution in [-0.4, -0.2) is 45.9 Å². The topological polar surface area (TPSA) is 84.9 Å². The van der Waals surface area contributed by atoms with E-state index in [2.05, 4.69) is 26.1 Å². The fourth-order valence-electron chi connectivity index (χ4n) is 3.27. The van der Waals surface area contributed by atoms with Gasteiger partial charge in [0, 0.05) is 0 Å². The van der Waals surface area contributed by atoms with E-state index in [0.717, 1.165) is 5.75 Å². The Kier molecular flexibility index (Phi) is 6.79. The van der Waals surface area contributed by atoms with Crippen LogP contribution in [0.2, 0.25) is 0 Å². The molecule has 1 aliphatic heterocycles. The molecule has 0 bridgehead atoms. The highest BCUT2D eigenvalue weighted by molar-refractivity contribution is 7.92. The van der Waals surface area contributed by atoms with Crippen LogP contribution in [0.25, 0.3) is 0 Å². The van der Waals surface area contributed by atoms with E-state index in [1.165, 1.54) is 9.87 Å². The minimum absolute atomic E-state index is 0.0580. The summed E-state index contributed by atoms with van der Waals surface area (Å²) in [5.74, 6) is 0.668. The van der Waals surface area contributed by atoms with Crippen LogP contribution in [0.5, 0.6) is 11.5 Å². The number of fused-ring (bicyclic) bond motifs is 1. The lowest BCUT2D eigenvalue weighted by atomic mass is 9.87. The average Bonchev–Trinajstić information content (AvgIpc) is 2.75. The Morgan fingerprint density at radius 2 is 1.84 bits per heavy atom. The number of carbonyl (C=O) groups excluding carboxylic acids is 1. The first-order chi connectivity index (χ1) is 14.6. The Hall–Kier alpha value is -2.74. The number of nitrogens with one attached hydrogen (secondary N) is 1. The molecule has 8 heteroatoms. The molecule has 0 fully saturated rings. The van der Waals surface area contributed by atoms with E-state index < -0.39 is 16.1 Å². The Labute approximate surface area is 184 Å². The van der Waals surface area contributed by atoms with E-state index in [0.29, 0.717) is 18.0 Å². The van der Waals surface area contributed by atoms with E-state index in [1.54, 1.807) is 31.2 Å². The van der Waals surface area contributed by atoms with Crippen molar-refractivity contribution in [2.45, 2.75) is 39.2 Å². The standard InChI is InChI=1S/C23H30N2O5S/c1-5-31(27,28)25-16-21(30-20-9-7-6-8-19(20)25)22(26)24-14-15-29-18-12-10-17(11-13-18)23(2,3)4/h6-13,21H,5,14-16H2,1-4H3,(H,24,26)/t21-/m0/s1. The summed E-state index contributed by atoms with van der Waals surface area (Å²) in [6.07, 6.45) is -0.928. The molecule has 168 valence electrons. The number of para-hydroxylation sites is 2. The van der Waals surface area contributed by atoms with Gasteiger partial charge in [0.15, 0.2) is 6.10 Å². The van der Waals surface area contributed by atoms with Crippen LogP contribution in [0.15, 0.2) is 48.5 Å². The molecule has 0 saturated carbocycles. The van der Waals surface area contributed by atoms with Crippen molar-refractivity contribution in [1.29, 1.82) is 0 Å². The highest BCUT2D eigenvalue weighted by atomic mass is 32.2. The number of hydrogen-bond donors (Lipinski definition) is 1. The lowest BCUT2D eigenvalue weighted by Gasteiger charge is -2.34. The molecule has 2 aromatic carbocycles. The van der Waals surface area contributed by atoms with Gasteiger partial charge in [-0.05, 0) is 42.2 Å². The number of ether oxygens (including phenoxy) is 2. The first-order valence-electron chi connectivity index (χ1n) is 10.4. The molecule has 0 saturated heterocycles. The number of rotatable bonds is 7. The summed E-state index contributed by atoms with van der Waals surface area (Å²) < 4.78 is 37.7. The molecule has 0 aliphatic carbocycles. The molecular formula is C23H30N2O5S. The lowest BCUT2D eigenvalue weighted by molar-refractivity contribution is -0.127. The molecule has 0 radical (unpaired) electrons. The second-order valence-electron chi connectivity index (χ2n) is 8.42. The molecule has 1 N–H and O–H groups in total. The number of carbonyl (C=O) groups is 1. The SMILES string of the molecule is CCS(=O)(=O)N1C[C@@H](C(=O)NCCOc2ccc(C(C)(C)C)cc2)Oc2ccccc21. The Morgan fingerprint density at radius 3 is 2.48 bits per heavy atom. The van der Waals surface area contributed by atoms with Crippen LogP contribution < -0.4 is 19.1 Å². The molecule has 0 aromatic heterocycles. The van der Waals surface area contributed by atoms with Crippen LogP contribution in [-0.2, 0) is 20.2 Å². The molecule has 2 aromatic rings. The summed E-state index contributed by atoms with van der Waals surface area (Å²) in [6, 6.07) is 14.7. The van der Waals surface area contributed by atoms with E-state index in [4.69, 9.17) is 9.47 Å². The number of nitrogens with zero attached hydrogens (tertiary/aromatic N) is 1. The molecule has 7 nitrogen and oxygen atoms in total. The number of hydrogen-bond acceptors (Lipinski definition) is 5. The predicted molar refractivity (Wildman–Crippen MR) is 121 cm³/mol. The van der Waals surface area contributed by atoms with Gasteiger partial charge in [0.25, 0.3) is 5.91 Å². The normalized spacial score (nSPS) is 16.3. The third kappa shape index (κ3) is 5.50. The van der Waals surface area contributed by atoms with Gasteiger partial charge in [0.1, 0.15) is 18.1 Å². The maximum atomic E-state index is 12.6. The minimum Gasteiger partial charge on any atom is -0.492 e. The molecule has 0 unspecified atom stereocenters. The highest BCUT2D eigenvalue weighted by Crippen LogP contribution is 2.35. The van der Waals surface area contributed by atoms with Crippen LogP contribution in [0, 0.1) is 0 Å². The van der Waals surface area contributed by atoms with Crippen molar-refractivity contribution in [1.82, 2.24) is 5.32 Å². The zero-order chi connectivity index (χ0) is 22.6. The van der Waals surface area contributed by atoms with Crippen LogP contribution in [0.4, 0.5) is 5.69 Å². The van der Waals surface area contributed by atoms with Crippen molar-refractivity contribution in [2.24, 2.45) is 0 Å². The van der Waals surface area contributed by atoms with E-state index in [1.807, 2.05) is 24.3 Å². The van der Waals surface area contributed by atoms with Crippen LogP contribution in [0.1, 0.15) is 33.3 Å². The van der Waals surface area contributed by atoms with Gasteiger partial charge in [-0.3, -0.25) is 9.10 Å². The van der Waals surface area contributed by atoms with Crippen molar-refractivity contribution in [3.63, 3.8) is 0 Å². The Bertz CT molecular complexity index is 1010. The van der Waals surface area contributed by atoms with E-state index >= 15 is 0 Å². The van der Waals surface area contributed by atoms with Crippen molar-refractivity contribution < 1.29 is 22.7 Å². The second kappa shape index (κ2) is 9.18. The number of anilines is 1. The number of benzene rings is 2. The first kappa shape index (κ1) is 22.9. The van der Waals surface area contributed by atoms with Gasteiger partial charge in [-0.15, -0.1) is 0 Å². The van der Waals surface area contributed by atoms with Gasteiger partial charge in [0.2, 0.25) is 10.0 Å². The zero-order valence-corrected chi connectivity index (χ0v) is 19.2. The van der Waals surface area contributed by atoms with Gasteiger partial charge < -0.3 is 14.8 Å². The lowest BCUT2D eigenvalue weighted by Crippen LogP contribution is -2.51. The maximum Gasteiger partial charge on any atom is 0.263 e. The van der Waals surface area contributed by atoms with E-state index in [9.17, 15) is 13.2 Å². The Morgan fingerprint density at radius 1 is 1.16 bits per heavy atom. The van der Waals surface area contributed by atoms with E-state index in [-0.39, 0.29) is 30.2 Å². The third-order valence-electron chi connectivity index (χ3n) is 5.12. The number of sulfonamides is 1. The summed E-state index contributed by atoms with van der Waals surface area (Å²) in [6.45, 7) is 8.54. The third-order valence-corrected chi connectivity index (χ3v) is 6.87. The maximum absolute atomic E-state index is 12.6. The van der Waals surface area contributed by atoms with Gasteiger partial charge >= 0.3 is 0 Å². The summed E-state index contributed by atoms with van der Waals surface area (Å²) in [4.78, 5) is 12.6. The van der Waals surface area contributed by atoms with Crippen molar-refractivity contribution in [2.75, 3.05) is 29.8 Å². The quantitative estimate of drug-likeness (QED) is 0.661. The highest BCUT2D eigenvalue weighted by Gasteiger charge is 2.35. The summed E-state index contributed by atoms with van der Waals surface area (Å²) in [7, 11) is -3.53. The fraction of sp³-hybridized carbons (Fsp3) is 0.435. The number of amides is 1. The minimum atomic E-state index is -3.53. The van der Waals surface area contributed by atoms with Crippen molar-refractivity contribution in [3.8, 4) is 11.5 Å². The van der Waals surface area contributed by atoms with Crippen LogP contribution in [0.3, 0.4) is 0 Å². The summed E-state index contributed by atoms with van der Waals surface area (Å²) in [5.41, 5.74) is 1.74. The van der Waals surface area contributed by atoms with Gasteiger partial charge in [-0.25, -0.2) is 8.42 Å². The molecule has 3 rings (SSSR count). The Balaban J connectivity index is 1.56. The molecule has 1 amide bonds. The van der Waals surface area contributed by atoms with Gasteiger partial charge in [-0.2, -0.15) is 0 Å². The summed E-state index contributed by atoms with van der Waals surface area (Å²) >= 11 is 0. The van der Waals surface area contributed by atoms with Gasteiger partial charge in [0.05, 0.1) is 24.5 Å². The molecule has 31 heavy (non-hydrogen) atoms. The van der Waals surface area contributed by atoms with Crippen molar-refractivity contribution >= 4 is 21.6 Å².